The number of hydrogen-bond donors (Lipinski definition) is 1. The van der Waals surface area contributed by atoms with Crippen molar-refractivity contribution in [3.8, 4) is 11.5 Å². The highest BCUT2D eigenvalue weighted by molar-refractivity contribution is 5.88. The van der Waals surface area contributed by atoms with E-state index in [0.29, 0.717) is 18.8 Å². The third-order valence-corrected chi connectivity index (χ3v) is 7.09. The van der Waals surface area contributed by atoms with Gasteiger partial charge in [0.2, 0.25) is 0 Å². The highest BCUT2D eigenvalue weighted by atomic mass is 16.5. The normalized spacial score (nSPS) is 11.1. The number of aromatic hydroxyl groups is 1. The summed E-state index contributed by atoms with van der Waals surface area (Å²) in [4.78, 5) is 2.53. The van der Waals surface area contributed by atoms with Crippen molar-refractivity contribution in [2.24, 2.45) is 0 Å². The molecular formula is C34H41NO2. The lowest BCUT2D eigenvalue weighted by atomic mass is 9.94. The Balaban J connectivity index is 1.58. The third kappa shape index (κ3) is 6.85. The minimum Gasteiger partial charge on any atom is -0.508 e. The summed E-state index contributed by atoms with van der Waals surface area (Å²) < 4.78 is 5.85. The van der Waals surface area contributed by atoms with Gasteiger partial charge in [-0.3, -0.25) is 0 Å². The van der Waals surface area contributed by atoms with Crippen LogP contribution in [0, 0.1) is 0 Å². The second kappa shape index (κ2) is 13.2. The number of anilines is 1. The highest BCUT2D eigenvalue weighted by Crippen LogP contribution is 2.33. The number of fused-ring (bicyclic) bond motifs is 1. The third-order valence-electron chi connectivity index (χ3n) is 7.09. The molecular weight excluding hydrogens is 454 g/mol. The molecule has 0 aliphatic rings. The van der Waals surface area contributed by atoms with E-state index in [9.17, 15) is 5.11 Å². The molecule has 0 saturated carbocycles. The van der Waals surface area contributed by atoms with Crippen LogP contribution in [0.15, 0.2) is 78.9 Å². The van der Waals surface area contributed by atoms with Crippen molar-refractivity contribution in [3.05, 3.63) is 101 Å². The van der Waals surface area contributed by atoms with E-state index in [1.54, 1.807) is 0 Å². The maximum atomic E-state index is 10.8. The summed E-state index contributed by atoms with van der Waals surface area (Å²) in [6.07, 6.45) is 6.39. The van der Waals surface area contributed by atoms with Crippen molar-refractivity contribution < 1.29 is 9.84 Å². The van der Waals surface area contributed by atoms with Crippen LogP contribution in [0.2, 0.25) is 0 Å². The first-order chi connectivity index (χ1) is 18.1. The molecule has 0 aliphatic heterocycles. The molecule has 194 valence electrons. The number of hydrogen-bond acceptors (Lipinski definition) is 3. The molecule has 4 aromatic rings. The van der Waals surface area contributed by atoms with E-state index in [1.807, 2.05) is 37.3 Å². The summed E-state index contributed by atoms with van der Waals surface area (Å²) in [5, 5.41) is 13.1. The van der Waals surface area contributed by atoms with Gasteiger partial charge >= 0.3 is 0 Å². The predicted molar refractivity (Wildman–Crippen MR) is 157 cm³/mol. The molecule has 0 radical (unpaired) electrons. The van der Waals surface area contributed by atoms with Crippen LogP contribution in [0.25, 0.3) is 10.8 Å². The molecule has 0 amide bonds. The summed E-state index contributed by atoms with van der Waals surface area (Å²) in [5.41, 5.74) is 5.91. The maximum absolute atomic E-state index is 10.8. The lowest BCUT2D eigenvalue weighted by Gasteiger charge is -2.25. The molecule has 37 heavy (non-hydrogen) atoms. The maximum Gasteiger partial charge on any atom is 0.122 e. The van der Waals surface area contributed by atoms with Gasteiger partial charge in [0.15, 0.2) is 0 Å². The average molecular weight is 496 g/mol. The molecule has 0 saturated heterocycles. The second-order valence-electron chi connectivity index (χ2n) is 9.87. The van der Waals surface area contributed by atoms with Crippen molar-refractivity contribution in [2.45, 2.75) is 59.3 Å². The Hall–Kier alpha value is -3.46. The summed E-state index contributed by atoms with van der Waals surface area (Å²) in [6, 6.07) is 27.6. The van der Waals surface area contributed by atoms with Gasteiger partial charge in [0.25, 0.3) is 0 Å². The number of phenolic OH excluding ortho intramolecular Hbond substituents is 1. The van der Waals surface area contributed by atoms with Crippen LogP contribution in [0.1, 0.15) is 68.7 Å². The van der Waals surface area contributed by atoms with Crippen molar-refractivity contribution >= 4 is 16.5 Å². The SMILES string of the molecule is CCCCN(CCCC)c1ccc(Cc2ccc3ccc(O)c(Cc4ccccc4OCC)c3c2)cc1. The van der Waals surface area contributed by atoms with E-state index < -0.39 is 0 Å². The van der Waals surface area contributed by atoms with Crippen molar-refractivity contribution in [1.29, 1.82) is 0 Å². The van der Waals surface area contributed by atoms with E-state index in [4.69, 9.17) is 4.74 Å². The first-order valence-electron chi connectivity index (χ1n) is 13.9. The molecule has 0 spiro atoms. The highest BCUT2D eigenvalue weighted by Gasteiger charge is 2.13. The zero-order valence-electron chi connectivity index (χ0n) is 22.7. The topological polar surface area (TPSA) is 32.7 Å². The van der Waals surface area contributed by atoms with E-state index >= 15 is 0 Å². The van der Waals surface area contributed by atoms with Gasteiger partial charge in [-0.2, -0.15) is 0 Å². The van der Waals surface area contributed by atoms with Gasteiger partial charge in [-0.15, -0.1) is 0 Å². The Morgan fingerprint density at radius 2 is 1.41 bits per heavy atom. The fourth-order valence-corrected chi connectivity index (χ4v) is 4.98. The fraction of sp³-hybridized carbons (Fsp3) is 0.353. The minimum atomic E-state index is 0.333. The molecule has 0 unspecified atom stereocenters. The van der Waals surface area contributed by atoms with Gasteiger partial charge in [0, 0.05) is 30.8 Å². The second-order valence-corrected chi connectivity index (χ2v) is 9.87. The molecule has 3 nitrogen and oxygen atoms in total. The van der Waals surface area contributed by atoms with Crippen LogP contribution >= 0.6 is 0 Å². The Morgan fingerprint density at radius 3 is 2.11 bits per heavy atom. The Morgan fingerprint density at radius 1 is 0.730 bits per heavy atom. The molecule has 0 aromatic heterocycles. The van der Waals surface area contributed by atoms with Crippen molar-refractivity contribution in [3.63, 3.8) is 0 Å². The largest absolute Gasteiger partial charge is 0.508 e. The summed E-state index contributed by atoms with van der Waals surface area (Å²) >= 11 is 0. The summed E-state index contributed by atoms with van der Waals surface area (Å²) in [5.74, 6) is 1.21. The fourth-order valence-electron chi connectivity index (χ4n) is 4.98. The minimum absolute atomic E-state index is 0.333. The summed E-state index contributed by atoms with van der Waals surface area (Å²) in [6.45, 7) is 9.38. The van der Waals surface area contributed by atoms with Crippen LogP contribution in [-0.2, 0) is 12.8 Å². The molecule has 0 atom stereocenters. The smallest absolute Gasteiger partial charge is 0.122 e. The number of ether oxygens (including phenoxy) is 1. The number of unbranched alkanes of at least 4 members (excludes halogenated alkanes) is 2. The Labute approximate surface area is 222 Å². The molecule has 0 bridgehead atoms. The number of para-hydroxylation sites is 1. The van der Waals surface area contributed by atoms with E-state index in [2.05, 4.69) is 67.3 Å². The Kier molecular flexibility index (Phi) is 9.48. The number of benzene rings is 4. The molecule has 0 heterocycles. The molecule has 0 aliphatic carbocycles. The molecule has 4 rings (SSSR count). The van der Waals surface area contributed by atoms with Gasteiger partial charge in [0.1, 0.15) is 11.5 Å². The first kappa shape index (κ1) is 26.6. The van der Waals surface area contributed by atoms with Gasteiger partial charge in [0.05, 0.1) is 6.61 Å². The van der Waals surface area contributed by atoms with Gasteiger partial charge < -0.3 is 14.7 Å². The van der Waals surface area contributed by atoms with Crippen LogP contribution in [-0.4, -0.2) is 24.8 Å². The van der Waals surface area contributed by atoms with Crippen LogP contribution < -0.4 is 9.64 Å². The van der Waals surface area contributed by atoms with E-state index in [1.165, 1.54) is 42.5 Å². The lowest BCUT2D eigenvalue weighted by molar-refractivity contribution is 0.337. The van der Waals surface area contributed by atoms with E-state index in [0.717, 1.165) is 47.2 Å². The standard InChI is InChI=1S/C34H41NO2/c1-4-7-21-35(22-8-5-2)30-18-14-26(15-19-30)23-27-13-16-28-17-20-33(36)32(31(28)24-27)25-29-11-9-10-12-34(29)37-6-3/h9-20,24,36H,4-8,21-23,25H2,1-3H3. The zero-order chi connectivity index (χ0) is 26.0. The van der Waals surface area contributed by atoms with Crippen LogP contribution in [0.3, 0.4) is 0 Å². The van der Waals surface area contributed by atoms with Crippen LogP contribution in [0.5, 0.6) is 11.5 Å². The molecule has 4 aromatic carbocycles. The molecule has 1 N–H and O–H groups in total. The van der Waals surface area contributed by atoms with Crippen molar-refractivity contribution in [2.75, 3.05) is 24.6 Å². The Bertz CT molecular complexity index is 1270. The zero-order valence-corrected chi connectivity index (χ0v) is 22.7. The number of phenols is 1. The summed E-state index contributed by atoms with van der Waals surface area (Å²) in [7, 11) is 0. The molecule has 3 heteroatoms. The van der Waals surface area contributed by atoms with Gasteiger partial charge in [-0.05, 0) is 77.9 Å². The van der Waals surface area contributed by atoms with Crippen molar-refractivity contribution in [1.82, 2.24) is 0 Å². The number of nitrogens with zero attached hydrogens (tertiary/aromatic N) is 1. The lowest BCUT2D eigenvalue weighted by Crippen LogP contribution is -2.25. The number of rotatable bonds is 13. The quantitative estimate of drug-likeness (QED) is 0.202. The molecule has 0 fully saturated rings. The monoisotopic (exact) mass is 495 g/mol. The van der Waals surface area contributed by atoms with Gasteiger partial charge in [-0.1, -0.05) is 81.3 Å². The predicted octanol–water partition coefficient (Wildman–Crippen LogP) is 8.53. The van der Waals surface area contributed by atoms with Gasteiger partial charge in [-0.25, -0.2) is 0 Å². The average Bonchev–Trinajstić information content (AvgIpc) is 2.92. The van der Waals surface area contributed by atoms with Crippen LogP contribution in [0.4, 0.5) is 5.69 Å². The first-order valence-corrected chi connectivity index (χ1v) is 13.9. The van der Waals surface area contributed by atoms with E-state index in [-0.39, 0.29) is 0 Å².